The van der Waals surface area contributed by atoms with E-state index in [0.717, 1.165) is 38.4 Å². The van der Waals surface area contributed by atoms with E-state index in [-0.39, 0.29) is 5.56 Å². The summed E-state index contributed by atoms with van der Waals surface area (Å²) in [5.41, 5.74) is -0.169. The van der Waals surface area contributed by atoms with Gasteiger partial charge in [-0.1, -0.05) is 13.0 Å². The van der Waals surface area contributed by atoms with Crippen molar-refractivity contribution in [1.82, 2.24) is 10.2 Å². The normalized spacial score (nSPS) is 16.0. The molecule has 0 atom stereocenters. The van der Waals surface area contributed by atoms with Crippen LogP contribution in [0.2, 0.25) is 0 Å². The van der Waals surface area contributed by atoms with Crippen molar-refractivity contribution in [2.45, 2.75) is 26.2 Å². The number of halogens is 2. The Morgan fingerprint density at radius 1 is 1.33 bits per heavy atom. The highest BCUT2D eigenvalue weighted by molar-refractivity contribution is 5.94. The van der Waals surface area contributed by atoms with Crippen LogP contribution < -0.4 is 5.32 Å². The number of carbonyl (C=O) groups excluding carboxylic acids is 1. The third-order valence-corrected chi connectivity index (χ3v) is 3.90. The van der Waals surface area contributed by atoms with Gasteiger partial charge >= 0.3 is 0 Å². The summed E-state index contributed by atoms with van der Waals surface area (Å²) >= 11 is 0. The van der Waals surface area contributed by atoms with Crippen molar-refractivity contribution in [2.24, 2.45) is 5.92 Å². The lowest BCUT2D eigenvalue weighted by atomic mass is 9.97. The highest BCUT2D eigenvalue weighted by Crippen LogP contribution is 2.18. The summed E-state index contributed by atoms with van der Waals surface area (Å²) < 4.78 is 27.1. The molecule has 5 heteroatoms. The van der Waals surface area contributed by atoms with Crippen LogP contribution in [0.1, 0.15) is 36.5 Å². The molecule has 1 heterocycles. The number of hydrogen-bond acceptors (Lipinski definition) is 2. The number of nitrogens with zero attached hydrogens (tertiary/aromatic N) is 1. The summed E-state index contributed by atoms with van der Waals surface area (Å²) in [6.07, 6.45) is 2.83. The first kappa shape index (κ1) is 15.9. The second-order valence-corrected chi connectivity index (χ2v) is 5.55. The Kier molecular flexibility index (Phi) is 5.67. The van der Waals surface area contributed by atoms with Crippen LogP contribution in [0.15, 0.2) is 18.2 Å². The van der Waals surface area contributed by atoms with E-state index in [1.54, 1.807) is 4.90 Å². The molecule has 0 saturated carbocycles. The topological polar surface area (TPSA) is 32.3 Å². The Bertz CT molecular complexity index is 487. The fourth-order valence-corrected chi connectivity index (χ4v) is 2.76. The molecule has 1 aromatic carbocycles. The van der Waals surface area contributed by atoms with Crippen molar-refractivity contribution in [1.29, 1.82) is 0 Å². The zero-order chi connectivity index (χ0) is 15.2. The summed E-state index contributed by atoms with van der Waals surface area (Å²) in [5.74, 6) is -2.00. The van der Waals surface area contributed by atoms with Gasteiger partial charge in [0, 0.05) is 13.1 Å². The van der Waals surface area contributed by atoms with Crippen LogP contribution in [-0.4, -0.2) is 37.0 Å². The molecule has 0 aromatic heterocycles. The van der Waals surface area contributed by atoms with Gasteiger partial charge < -0.3 is 10.2 Å². The second-order valence-electron chi connectivity index (χ2n) is 5.55. The third kappa shape index (κ3) is 4.00. The molecule has 0 radical (unpaired) electrons. The molecule has 1 fully saturated rings. The molecule has 116 valence electrons. The lowest BCUT2D eigenvalue weighted by Crippen LogP contribution is -2.40. The van der Waals surface area contributed by atoms with Gasteiger partial charge in [-0.3, -0.25) is 4.79 Å². The quantitative estimate of drug-likeness (QED) is 0.906. The molecule has 0 unspecified atom stereocenters. The van der Waals surface area contributed by atoms with Gasteiger partial charge in [0.05, 0.1) is 5.56 Å². The maximum atomic E-state index is 13.8. The van der Waals surface area contributed by atoms with Gasteiger partial charge in [-0.25, -0.2) is 8.78 Å². The highest BCUT2D eigenvalue weighted by Gasteiger charge is 2.24. The van der Waals surface area contributed by atoms with Crippen molar-refractivity contribution >= 4 is 5.91 Å². The summed E-state index contributed by atoms with van der Waals surface area (Å²) in [6, 6.07) is 3.76. The molecule has 2 rings (SSSR count). The second kappa shape index (κ2) is 7.50. The van der Waals surface area contributed by atoms with Gasteiger partial charge in [-0.2, -0.15) is 0 Å². The molecule has 21 heavy (non-hydrogen) atoms. The van der Waals surface area contributed by atoms with Crippen LogP contribution in [-0.2, 0) is 0 Å². The Morgan fingerprint density at radius 2 is 2.05 bits per heavy atom. The number of nitrogens with one attached hydrogen (secondary N) is 1. The first-order valence-electron chi connectivity index (χ1n) is 7.57. The van der Waals surface area contributed by atoms with Crippen molar-refractivity contribution in [3.05, 3.63) is 35.4 Å². The average molecular weight is 296 g/mol. The molecule has 0 bridgehead atoms. The minimum Gasteiger partial charge on any atom is -0.338 e. The minimum absolute atomic E-state index is 0.169. The van der Waals surface area contributed by atoms with E-state index in [9.17, 15) is 13.6 Å². The van der Waals surface area contributed by atoms with Crippen LogP contribution >= 0.6 is 0 Å². The fraction of sp³-hybridized carbons (Fsp3) is 0.562. The predicted octanol–water partition coefficient (Wildman–Crippen LogP) is 2.82. The van der Waals surface area contributed by atoms with Gasteiger partial charge in [-0.15, -0.1) is 0 Å². The maximum Gasteiger partial charge on any atom is 0.256 e. The number of benzene rings is 1. The SMILES string of the molecule is CCCN(CC1CCNCC1)C(=O)c1cccc(F)c1F. The Hall–Kier alpha value is -1.49. The van der Waals surface area contributed by atoms with Crippen LogP contribution in [0.5, 0.6) is 0 Å². The number of amides is 1. The van der Waals surface area contributed by atoms with E-state index in [2.05, 4.69) is 5.32 Å². The monoisotopic (exact) mass is 296 g/mol. The van der Waals surface area contributed by atoms with E-state index < -0.39 is 17.5 Å². The number of hydrogen-bond donors (Lipinski definition) is 1. The van der Waals surface area contributed by atoms with Crippen LogP contribution in [0, 0.1) is 17.6 Å². The smallest absolute Gasteiger partial charge is 0.256 e. The van der Waals surface area contributed by atoms with E-state index in [0.29, 0.717) is 19.0 Å². The van der Waals surface area contributed by atoms with Gasteiger partial charge in [0.1, 0.15) is 0 Å². The van der Waals surface area contributed by atoms with E-state index >= 15 is 0 Å². The molecular formula is C16H22F2N2O. The zero-order valence-electron chi connectivity index (χ0n) is 12.4. The first-order valence-corrected chi connectivity index (χ1v) is 7.57. The molecule has 1 aromatic rings. The lowest BCUT2D eigenvalue weighted by Gasteiger charge is -2.30. The third-order valence-electron chi connectivity index (χ3n) is 3.90. The molecule has 1 saturated heterocycles. The minimum atomic E-state index is -1.05. The molecule has 1 amide bonds. The summed E-state index contributed by atoms with van der Waals surface area (Å²) in [5, 5.41) is 3.28. The molecule has 0 spiro atoms. The lowest BCUT2D eigenvalue weighted by molar-refractivity contribution is 0.0710. The molecular weight excluding hydrogens is 274 g/mol. The number of piperidine rings is 1. The van der Waals surface area contributed by atoms with Crippen molar-refractivity contribution < 1.29 is 13.6 Å². The van der Waals surface area contributed by atoms with E-state index in [4.69, 9.17) is 0 Å². The molecule has 1 aliphatic rings. The Morgan fingerprint density at radius 3 is 2.71 bits per heavy atom. The molecule has 1 aliphatic heterocycles. The average Bonchev–Trinajstić information content (AvgIpc) is 2.50. The molecule has 1 N–H and O–H groups in total. The fourth-order valence-electron chi connectivity index (χ4n) is 2.76. The van der Waals surface area contributed by atoms with Crippen LogP contribution in [0.25, 0.3) is 0 Å². The summed E-state index contributed by atoms with van der Waals surface area (Å²) in [7, 11) is 0. The largest absolute Gasteiger partial charge is 0.338 e. The standard InChI is InChI=1S/C16H22F2N2O/c1-2-10-20(11-12-6-8-19-9-7-12)16(21)13-4-3-5-14(17)15(13)18/h3-5,12,19H,2,6-11H2,1H3. The number of rotatable bonds is 5. The Labute approximate surface area is 124 Å². The van der Waals surface area contributed by atoms with Crippen LogP contribution in [0.3, 0.4) is 0 Å². The predicted molar refractivity (Wildman–Crippen MR) is 78.1 cm³/mol. The summed E-state index contributed by atoms with van der Waals surface area (Å²) in [6.45, 7) is 5.06. The van der Waals surface area contributed by atoms with Gasteiger partial charge in [0.2, 0.25) is 0 Å². The van der Waals surface area contributed by atoms with Crippen molar-refractivity contribution in [3.63, 3.8) is 0 Å². The van der Waals surface area contributed by atoms with E-state index in [1.165, 1.54) is 12.1 Å². The van der Waals surface area contributed by atoms with Crippen molar-refractivity contribution in [2.75, 3.05) is 26.2 Å². The van der Waals surface area contributed by atoms with E-state index in [1.807, 2.05) is 6.92 Å². The highest BCUT2D eigenvalue weighted by atomic mass is 19.2. The molecule has 3 nitrogen and oxygen atoms in total. The maximum absolute atomic E-state index is 13.8. The summed E-state index contributed by atoms with van der Waals surface area (Å²) in [4.78, 5) is 14.1. The van der Waals surface area contributed by atoms with Crippen molar-refractivity contribution in [3.8, 4) is 0 Å². The van der Waals surface area contributed by atoms with Gasteiger partial charge in [0.25, 0.3) is 5.91 Å². The van der Waals surface area contributed by atoms with Gasteiger partial charge in [-0.05, 0) is 50.4 Å². The zero-order valence-corrected chi connectivity index (χ0v) is 12.4. The molecule has 0 aliphatic carbocycles. The van der Waals surface area contributed by atoms with Crippen LogP contribution in [0.4, 0.5) is 8.78 Å². The number of carbonyl (C=O) groups is 1. The van der Waals surface area contributed by atoms with Gasteiger partial charge in [0.15, 0.2) is 11.6 Å². The first-order chi connectivity index (χ1) is 10.1. The Balaban J connectivity index is 2.12.